The molecule has 0 saturated carbocycles. The van der Waals surface area contributed by atoms with Crippen LogP contribution in [0.1, 0.15) is 40.5 Å². The van der Waals surface area contributed by atoms with Gasteiger partial charge in [-0.1, -0.05) is 13.8 Å². The van der Waals surface area contributed by atoms with Crippen molar-refractivity contribution in [3.8, 4) is 0 Å². The van der Waals surface area contributed by atoms with E-state index in [0.29, 0.717) is 0 Å². The van der Waals surface area contributed by atoms with Crippen LogP contribution in [0.4, 0.5) is 0 Å². The quantitative estimate of drug-likeness (QED) is 0.777. The molecule has 2 unspecified atom stereocenters. The Morgan fingerprint density at radius 2 is 1.93 bits per heavy atom. The van der Waals surface area contributed by atoms with Crippen molar-refractivity contribution in [2.45, 2.75) is 57.8 Å². The lowest BCUT2D eigenvalue weighted by Gasteiger charge is -2.48. The molecule has 0 amide bonds. The molecule has 0 aromatic carbocycles. The van der Waals surface area contributed by atoms with Crippen molar-refractivity contribution in [2.24, 2.45) is 0 Å². The van der Waals surface area contributed by atoms with Gasteiger partial charge in [0, 0.05) is 20.2 Å². The Bertz CT molecular complexity index is 204. The highest BCUT2D eigenvalue weighted by atomic mass is 16.6. The second-order valence-corrected chi connectivity index (χ2v) is 4.79. The minimum Gasteiger partial charge on any atom is -0.379 e. The normalized spacial score (nSPS) is 32.6. The standard InChI is InChI=1S/C12H25NO2/c1-6-12(7-2)9-13-8-11(4,15-12)10(3)14-5/h10,13H,6-9H2,1-5H3. The van der Waals surface area contributed by atoms with E-state index < -0.39 is 0 Å². The highest BCUT2D eigenvalue weighted by Crippen LogP contribution is 2.32. The SMILES string of the molecule is CCC1(CC)CNCC(C)(C(C)OC)O1. The van der Waals surface area contributed by atoms with E-state index in [2.05, 4.69) is 33.0 Å². The number of nitrogens with one attached hydrogen (secondary N) is 1. The molecule has 1 rings (SSSR count). The zero-order valence-electron chi connectivity index (χ0n) is 10.7. The molecule has 0 aromatic rings. The largest absolute Gasteiger partial charge is 0.379 e. The molecule has 0 aliphatic carbocycles. The van der Waals surface area contributed by atoms with Crippen LogP contribution in [-0.4, -0.2) is 37.5 Å². The number of hydrogen-bond acceptors (Lipinski definition) is 3. The van der Waals surface area contributed by atoms with Crippen molar-refractivity contribution in [3.63, 3.8) is 0 Å². The third-order valence-electron chi connectivity index (χ3n) is 3.88. The van der Waals surface area contributed by atoms with Crippen molar-refractivity contribution in [1.82, 2.24) is 5.32 Å². The Labute approximate surface area is 93.5 Å². The fourth-order valence-corrected chi connectivity index (χ4v) is 2.23. The van der Waals surface area contributed by atoms with Gasteiger partial charge < -0.3 is 14.8 Å². The molecule has 0 aromatic heterocycles. The lowest BCUT2D eigenvalue weighted by molar-refractivity contribution is -0.214. The average molecular weight is 215 g/mol. The van der Waals surface area contributed by atoms with Crippen molar-refractivity contribution >= 4 is 0 Å². The van der Waals surface area contributed by atoms with Crippen LogP contribution in [0.25, 0.3) is 0 Å². The molecule has 0 bridgehead atoms. The van der Waals surface area contributed by atoms with Crippen molar-refractivity contribution in [1.29, 1.82) is 0 Å². The van der Waals surface area contributed by atoms with Crippen molar-refractivity contribution in [3.05, 3.63) is 0 Å². The lowest BCUT2D eigenvalue weighted by atomic mass is 9.89. The minimum absolute atomic E-state index is 0.0141. The summed E-state index contributed by atoms with van der Waals surface area (Å²) < 4.78 is 11.7. The van der Waals surface area contributed by atoms with E-state index in [0.717, 1.165) is 25.9 Å². The van der Waals surface area contributed by atoms with E-state index in [1.54, 1.807) is 7.11 Å². The molecule has 2 atom stereocenters. The number of methoxy groups -OCH3 is 1. The van der Waals surface area contributed by atoms with Gasteiger partial charge in [-0.2, -0.15) is 0 Å². The molecule has 1 heterocycles. The third kappa shape index (κ3) is 2.52. The first kappa shape index (κ1) is 12.9. The van der Waals surface area contributed by atoms with Gasteiger partial charge in [-0.25, -0.2) is 0 Å². The van der Waals surface area contributed by atoms with Gasteiger partial charge in [-0.05, 0) is 26.7 Å². The fraction of sp³-hybridized carbons (Fsp3) is 1.00. The summed E-state index contributed by atoms with van der Waals surface area (Å²) in [5.74, 6) is 0. The van der Waals surface area contributed by atoms with Gasteiger partial charge in [-0.15, -0.1) is 0 Å². The highest BCUT2D eigenvalue weighted by Gasteiger charge is 2.44. The summed E-state index contributed by atoms with van der Waals surface area (Å²) >= 11 is 0. The predicted molar refractivity (Wildman–Crippen MR) is 62.1 cm³/mol. The van der Waals surface area contributed by atoms with Crippen LogP contribution < -0.4 is 5.32 Å². The smallest absolute Gasteiger partial charge is 0.104 e. The zero-order valence-corrected chi connectivity index (χ0v) is 10.7. The third-order valence-corrected chi connectivity index (χ3v) is 3.88. The Balaban J connectivity index is 2.77. The van der Waals surface area contributed by atoms with Crippen molar-refractivity contribution < 1.29 is 9.47 Å². The summed E-state index contributed by atoms with van der Waals surface area (Å²) in [7, 11) is 1.74. The molecule has 1 fully saturated rings. The summed E-state index contributed by atoms with van der Waals surface area (Å²) in [5.41, 5.74) is -0.223. The van der Waals surface area contributed by atoms with Crippen LogP contribution in [0.3, 0.4) is 0 Å². The first-order valence-corrected chi connectivity index (χ1v) is 5.95. The van der Waals surface area contributed by atoms with Crippen LogP contribution in [0, 0.1) is 0 Å². The van der Waals surface area contributed by atoms with Gasteiger partial charge in [0.1, 0.15) is 5.60 Å². The maximum atomic E-state index is 6.33. The number of ether oxygens (including phenoxy) is 2. The second kappa shape index (κ2) is 4.81. The van der Waals surface area contributed by atoms with E-state index in [9.17, 15) is 0 Å². The molecule has 1 aliphatic heterocycles. The monoisotopic (exact) mass is 215 g/mol. The molecule has 15 heavy (non-hydrogen) atoms. The van der Waals surface area contributed by atoms with Crippen LogP contribution >= 0.6 is 0 Å². The molecule has 1 saturated heterocycles. The molecule has 1 aliphatic rings. The van der Waals surface area contributed by atoms with E-state index in [1.165, 1.54) is 0 Å². The first-order valence-electron chi connectivity index (χ1n) is 5.95. The van der Waals surface area contributed by atoms with E-state index >= 15 is 0 Å². The zero-order chi connectivity index (χ0) is 11.5. The number of hydrogen-bond donors (Lipinski definition) is 1. The average Bonchev–Trinajstić information content (AvgIpc) is 2.27. The Kier molecular flexibility index (Phi) is 4.15. The summed E-state index contributed by atoms with van der Waals surface area (Å²) in [6, 6.07) is 0. The van der Waals surface area contributed by atoms with Gasteiger partial charge in [0.15, 0.2) is 0 Å². The van der Waals surface area contributed by atoms with Crippen molar-refractivity contribution in [2.75, 3.05) is 20.2 Å². The first-order chi connectivity index (χ1) is 7.02. The molecule has 1 N–H and O–H groups in total. The molecule has 0 spiro atoms. The molecular weight excluding hydrogens is 190 g/mol. The number of rotatable bonds is 4. The summed E-state index contributed by atoms with van der Waals surface area (Å²) in [6.07, 6.45) is 2.20. The minimum atomic E-state index is -0.209. The van der Waals surface area contributed by atoms with Gasteiger partial charge in [0.25, 0.3) is 0 Å². The van der Waals surface area contributed by atoms with Gasteiger partial charge in [0.05, 0.1) is 11.7 Å². The van der Waals surface area contributed by atoms with Crippen LogP contribution in [0.5, 0.6) is 0 Å². The Morgan fingerprint density at radius 1 is 1.33 bits per heavy atom. The number of morpholine rings is 1. The van der Waals surface area contributed by atoms with E-state index in [1.807, 2.05) is 0 Å². The lowest BCUT2D eigenvalue weighted by Crippen LogP contribution is -2.63. The molecule has 3 nitrogen and oxygen atoms in total. The fourth-order valence-electron chi connectivity index (χ4n) is 2.23. The summed E-state index contributed by atoms with van der Waals surface area (Å²) in [4.78, 5) is 0. The maximum absolute atomic E-state index is 6.33. The van der Waals surface area contributed by atoms with Gasteiger partial charge in [0.2, 0.25) is 0 Å². The molecular formula is C12H25NO2. The molecule has 0 radical (unpaired) electrons. The van der Waals surface area contributed by atoms with Gasteiger partial charge in [-0.3, -0.25) is 0 Å². The topological polar surface area (TPSA) is 30.5 Å². The summed E-state index contributed by atoms with van der Waals surface area (Å²) in [6.45, 7) is 10.4. The second-order valence-electron chi connectivity index (χ2n) is 4.79. The highest BCUT2D eigenvalue weighted by molar-refractivity contribution is 4.96. The van der Waals surface area contributed by atoms with Gasteiger partial charge >= 0.3 is 0 Å². The Morgan fingerprint density at radius 3 is 2.40 bits per heavy atom. The predicted octanol–water partition coefficient (Wildman–Crippen LogP) is 1.96. The Hall–Kier alpha value is -0.120. The van der Waals surface area contributed by atoms with Crippen LogP contribution in [-0.2, 0) is 9.47 Å². The molecule has 90 valence electrons. The molecule has 3 heteroatoms. The maximum Gasteiger partial charge on any atom is 0.104 e. The summed E-state index contributed by atoms with van der Waals surface area (Å²) in [5, 5.41) is 3.48. The van der Waals surface area contributed by atoms with Crippen LogP contribution in [0.2, 0.25) is 0 Å². The van der Waals surface area contributed by atoms with E-state index in [-0.39, 0.29) is 17.3 Å². The van der Waals surface area contributed by atoms with E-state index in [4.69, 9.17) is 9.47 Å². The van der Waals surface area contributed by atoms with Crippen LogP contribution in [0.15, 0.2) is 0 Å².